The Morgan fingerprint density at radius 1 is 1.30 bits per heavy atom. The Morgan fingerprint density at radius 3 is 2.87 bits per heavy atom. The van der Waals surface area contributed by atoms with E-state index >= 15 is 0 Å². The molecule has 3 rings (SSSR count). The molecule has 0 atom stereocenters. The van der Waals surface area contributed by atoms with Crippen LogP contribution >= 0.6 is 0 Å². The molecule has 2 aromatic rings. The molecular formula is C17H20N2O4. The summed E-state index contributed by atoms with van der Waals surface area (Å²) in [5.74, 6) is -0.0904. The Balaban J connectivity index is 1.59. The van der Waals surface area contributed by atoms with Gasteiger partial charge in [-0.05, 0) is 44.1 Å². The number of likely N-dealkylation sites (tertiary alicyclic amines) is 1. The fourth-order valence-corrected chi connectivity index (χ4v) is 2.70. The summed E-state index contributed by atoms with van der Waals surface area (Å²) in [7, 11) is 0. The van der Waals surface area contributed by atoms with E-state index in [2.05, 4.69) is 9.88 Å². The summed E-state index contributed by atoms with van der Waals surface area (Å²) in [5.41, 5.74) is 0.601. The van der Waals surface area contributed by atoms with Gasteiger partial charge in [-0.1, -0.05) is 12.5 Å². The summed E-state index contributed by atoms with van der Waals surface area (Å²) >= 11 is 0. The topological polar surface area (TPSA) is 75.8 Å². The molecule has 0 amide bonds. The summed E-state index contributed by atoms with van der Waals surface area (Å²) < 4.78 is 11.0. The van der Waals surface area contributed by atoms with Gasteiger partial charge in [0.15, 0.2) is 5.69 Å². The van der Waals surface area contributed by atoms with Crippen molar-refractivity contribution >= 4 is 5.97 Å². The minimum atomic E-state index is -1.10. The fraction of sp³-hybridized carbons (Fsp3) is 0.412. The summed E-state index contributed by atoms with van der Waals surface area (Å²) in [6, 6.07) is 7.35. The predicted molar refractivity (Wildman–Crippen MR) is 84.7 cm³/mol. The SMILES string of the molecule is O=C(O)c1coc(-c2cccc(OCCN3CCCCC3)c2)n1. The van der Waals surface area contributed by atoms with E-state index in [0.717, 1.165) is 31.6 Å². The lowest BCUT2D eigenvalue weighted by Crippen LogP contribution is -2.33. The number of hydrogen-bond acceptors (Lipinski definition) is 5. The molecule has 6 nitrogen and oxygen atoms in total. The number of carboxylic acids is 1. The molecule has 23 heavy (non-hydrogen) atoms. The zero-order valence-electron chi connectivity index (χ0n) is 12.9. The van der Waals surface area contributed by atoms with Gasteiger partial charge in [-0.15, -0.1) is 0 Å². The Labute approximate surface area is 134 Å². The molecule has 1 saturated heterocycles. The van der Waals surface area contributed by atoms with Gasteiger partial charge in [0, 0.05) is 12.1 Å². The van der Waals surface area contributed by atoms with E-state index in [1.807, 2.05) is 24.3 Å². The zero-order valence-corrected chi connectivity index (χ0v) is 12.9. The number of aromatic nitrogens is 1. The average molecular weight is 316 g/mol. The largest absolute Gasteiger partial charge is 0.492 e. The van der Waals surface area contributed by atoms with E-state index in [1.54, 1.807) is 0 Å². The lowest BCUT2D eigenvalue weighted by molar-refractivity contribution is 0.0690. The van der Waals surface area contributed by atoms with E-state index in [0.29, 0.717) is 12.2 Å². The first-order valence-corrected chi connectivity index (χ1v) is 7.87. The van der Waals surface area contributed by atoms with Crippen molar-refractivity contribution < 1.29 is 19.1 Å². The molecule has 122 valence electrons. The molecular weight excluding hydrogens is 296 g/mol. The van der Waals surface area contributed by atoms with Crippen molar-refractivity contribution in [3.8, 4) is 17.2 Å². The summed E-state index contributed by atoms with van der Waals surface area (Å²) in [6.45, 7) is 3.86. The number of nitrogens with zero attached hydrogens (tertiary/aromatic N) is 2. The average Bonchev–Trinajstić information content (AvgIpc) is 3.07. The molecule has 0 bridgehead atoms. The normalized spacial score (nSPS) is 15.5. The van der Waals surface area contributed by atoms with E-state index in [-0.39, 0.29) is 11.6 Å². The third-order valence-corrected chi connectivity index (χ3v) is 3.93. The van der Waals surface area contributed by atoms with Gasteiger partial charge in [-0.3, -0.25) is 4.90 Å². The van der Waals surface area contributed by atoms with Crippen molar-refractivity contribution in [3.63, 3.8) is 0 Å². The lowest BCUT2D eigenvalue weighted by atomic mass is 10.1. The Bertz CT molecular complexity index is 662. The van der Waals surface area contributed by atoms with Gasteiger partial charge in [-0.2, -0.15) is 0 Å². The van der Waals surface area contributed by atoms with Crippen molar-refractivity contribution in [2.75, 3.05) is 26.2 Å². The van der Waals surface area contributed by atoms with Crippen molar-refractivity contribution in [3.05, 3.63) is 36.2 Å². The number of hydrogen-bond donors (Lipinski definition) is 1. The second-order valence-electron chi connectivity index (χ2n) is 5.62. The summed E-state index contributed by atoms with van der Waals surface area (Å²) in [6.07, 6.45) is 5.01. The van der Waals surface area contributed by atoms with E-state index in [1.165, 1.54) is 19.3 Å². The molecule has 1 aromatic carbocycles. The van der Waals surface area contributed by atoms with E-state index in [4.69, 9.17) is 14.3 Å². The van der Waals surface area contributed by atoms with Gasteiger partial charge in [-0.25, -0.2) is 9.78 Å². The molecule has 6 heteroatoms. The standard InChI is InChI=1S/C17H20N2O4/c20-17(21)15-12-23-16(18-15)13-5-4-6-14(11-13)22-10-9-19-7-2-1-3-8-19/h4-6,11-12H,1-3,7-10H2,(H,20,21). The number of rotatable bonds is 6. The maximum absolute atomic E-state index is 10.9. The van der Waals surface area contributed by atoms with Crippen molar-refractivity contribution in [1.29, 1.82) is 0 Å². The Morgan fingerprint density at radius 2 is 2.13 bits per heavy atom. The van der Waals surface area contributed by atoms with Crippen LogP contribution in [0.1, 0.15) is 29.8 Å². The molecule has 1 aliphatic rings. The molecule has 1 fully saturated rings. The third kappa shape index (κ3) is 4.10. The molecule has 0 radical (unpaired) electrons. The molecule has 1 aromatic heterocycles. The number of carbonyl (C=O) groups is 1. The third-order valence-electron chi connectivity index (χ3n) is 3.93. The van der Waals surface area contributed by atoms with E-state index < -0.39 is 5.97 Å². The van der Waals surface area contributed by atoms with Crippen LogP contribution in [0.15, 0.2) is 34.9 Å². The molecule has 0 spiro atoms. The van der Waals surface area contributed by atoms with Crippen LogP contribution in [0, 0.1) is 0 Å². The lowest BCUT2D eigenvalue weighted by Gasteiger charge is -2.26. The first-order chi connectivity index (χ1) is 11.2. The van der Waals surface area contributed by atoms with Crippen molar-refractivity contribution in [1.82, 2.24) is 9.88 Å². The molecule has 2 heterocycles. The second kappa shape index (κ2) is 7.28. The van der Waals surface area contributed by atoms with Crippen LogP contribution in [0.3, 0.4) is 0 Å². The van der Waals surface area contributed by atoms with E-state index in [9.17, 15) is 4.79 Å². The number of oxazole rings is 1. The van der Waals surface area contributed by atoms with Gasteiger partial charge in [0.05, 0.1) is 0 Å². The Hall–Kier alpha value is -2.34. The summed E-state index contributed by atoms with van der Waals surface area (Å²) in [5, 5.41) is 8.89. The zero-order chi connectivity index (χ0) is 16.1. The van der Waals surface area contributed by atoms with Crippen LogP contribution in [0.2, 0.25) is 0 Å². The highest BCUT2D eigenvalue weighted by Gasteiger charge is 2.13. The highest BCUT2D eigenvalue weighted by molar-refractivity contribution is 5.85. The number of ether oxygens (including phenoxy) is 1. The highest BCUT2D eigenvalue weighted by atomic mass is 16.5. The smallest absolute Gasteiger partial charge is 0.357 e. The van der Waals surface area contributed by atoms with Gasteiger partial charge >= 0.3 is 5.97 Å². The van der Waals surface area contributed by atoms with Crippen LogP contribution in [0.4, 0.5) is 0 Å². The number of aromatic carboxylic acids is 1. The van der Waals surface area contributed by atoms with Crippen LogP contribution in [-0.4, -0.2) is 47.2 Å². The van der Waals surface area contributed by atoms with Gasteiger partial charge < -0.3 is 14.3 Å². The Kier molecular flexibility index (Phi) is 4.92. The van der Waals surface area contributed by atoms with Crippen LogP contribution in [0.5, 0.6) is 5.75 Å². The fourth-order valence-electron chi connectivity index (χ4n) is 2.70. The first-order valence-electron chi connectivity index (χ1n) is 7.87. The highest BCUT2D eigenvalue weighted by Crippen LogP contribution is 2.23. The van der Waals surface area contributed by atoms with Crippen molar-refractivity contribution in [2.45, 2.75) is 19.3 Å². The molecule has 1 aliphatic heterocycles. The number of carboxylic acid groups (broad SMARTS) is 1. The molecule has 0 aliphatic carbocycles. The quantitative estimate of drug-likeness (QED) is 0.883. The van der Waals surface area contributed by atoms with Gasteiger partial charge in [0.1, 0.15) is 18.6 Å². The minimum Gasteiger partial charge on any atom is -0.492 e. The van der Waals surface area contributed by atoms with Crippen molar-refractivity contribution in [2.24, 2.45) is 0 Å². The van der Waals surface area contributed by atoms with Crippen LogP contribution < -0.4 is 4.74 Å². The number of piperidine rings is 1. The van der Waals surface area contributed by atoms with Gasteiger partial charge in [0.25, 0.3) is 0 Å². The monoisotopic (exact) mass is 316 g/mol. The van der Waals surface area contributed by atoms with Gasteiger partial charge in [0.2, 0.25) is 5.89 Å². The second-order valence-corrected chi connectivity index (χ2v) is 5.62. The maximum Gasteiger partial charge on any atom is 0.357 e. The predicted octanol–water partition coefficient (Wildman–Crippen LogP) is 2.90. The molecule has 0 unspecified atom stereocenters. The minimum absolute atomic E-state index is 0.101. The molecule has 1 N–H and O–H groups in total. The van der Waals surface area contributed by atoms with Crippen LogP contribution in [0.25, 0.3) is 11.5 Å². The molecule has 0 saturated carbocycles. The summed E-state index contributed by atoms with van der Waals surface area (Å²) in [4.78, 5) is 17.2. The number of benzene rings is 1. The maximum atomic E-state index is 10.9. The van der Waals surface area contributed by atoms with Crippen LogP contribution in [-0.2, 0) is 0 Å². The first kappa shape index (κ1) is 15.6.